The summed E-state index contributed by atoms with van der Waals surface area (Å²) in [5.74, 6) is 1.44. The van der Waals surface area contributed by atoms with Crippen LogP contribution < -0.4 is 0 Å². The Kier molecular flexibility index (Phi) is 5.84. The number of aromatic nitrogens is 3. The monoisotopic (exact) mass is 306 g/mol. The van der Waals surface area contributed by atoms with Crippen LogP contribution in [0.5, 0.6) is 0 Å². The second kappa shape index (κ2) is 8.06. The van der Waals surface area contributed by atoms with Crippen LogP contribution in [0.25, 0.3) is 0 Å². The predicted octanol–water partition coefficient (Wildman–Crippen LogP) is 2.59. The van der Waals surface area contributed by atoms with Gasteiger partial charge in [-0.1, -0.05) is 19.8 Å². The molecule has 0 amide bonds. The highest BCUT2D eigenvalue weighted by Gasteiger charge is 2.23. The maximum Gasteiger partial charge on any atom is 0.137 e. The Hall–Kier alpha value is -0.940. The Labute approximate surface area is 134 Å². The largest absolute Gasteiger partial charge is 0.377 e. The molecule has 0 N–H and O–H groups in total. The summed E-state index contributed by atoms with van der Waals surface area (Å²) in [5.41, 5.74) is 0. The molecule has 2 aliphatic rings. The van der Waals surface area contributed by atoms with Gasteiger partial charge in [0.15, 0.2) is 0 Å². The van der Waals surface area contributed by atoms with Crippen molar-refractivity contribution >= 4 is 0 Å². The van der Waals surface area contributed by atoms with Crippen molar-refractivity contribution in [3.05, 3.63) is 12.7 Å². The molecule has 3 atom stereocenters. The number of piperidine rings is 1. The molecule has 3 rings (SSSR count). The molecule has 1 aromatic rings. The SMILES string of the molecule is C[C@@H]1CCCC[C@@H]1OCCN1CCC[C@@H](Cn2cncn2)C1. The van der Waals surface area contributed by atoms with Crippen LogP contribution in [0.2, 0.25) is 0 Å². The minimum absolute atomic E-state index is 0.504. The van der Waals surface area contributed by atoms with E-state index in [0.717, 1.165) is 25.6 Å². The quantitative estimate of drug-likeness (QED) is 0.810. The molecule has 5 nitrogen and oxygen atoms in total. The van der Waals surface area contributed by atoms with E-state index >= 15 is 0 Å². The lowest BCUT2D eigenvalue weighted by Gasteiger charge is -2.34. The summed E-state index contributed by atoms with van der Waals surface area (Å²) in [6, 6.07) is 0. The Morgan fingerprint density at radius 3 is 2.91 bits per heavy atom. The van der Waals surface area contributed by atoms with Crippen LogP contribution in [-0.4, -0.2) is 52.0 Å². The first-order chi connectivity index (χ1) is 10.8. The van der Waals surface area contributed by atoms with E-state index < -0.39 is 0 Å². The highest BCUT2D eigenvalue weighted by Crippen LogP contribution is 2.26. The zero-order valence-electron chi connectivity index (χ0n) is 13.9. The summed E-state index contributed by atoms with van der Waals surface area (Å²) in [4.78, 5) is 6.60. The third kappa shape index (κ3) is 4.53. The van der Waals surface area contributed by atoms with Gasteiger partial charge in [-0.25, -0.2) is 4.98 Å². The highest BCUT2D eigenvalue weighted by atomic mass is 16.5. The van der Waals surface area contributed by atoms with E-state index in [0.29, 0.717) is 12.0 Å². The molecule has 1 aliphatic carbocycles. The van der Waals surface area contributed by atoms with Crippen molar-refractivity contribution < 1.29 is 4.74 Å². The maximum atomic E-state index is 6.17. The Bertz CT molecular complexity index is 422. The van der Waals surface area contributed by atoms with E-state index in [2.05, 4.69) is 21.9 Å². The molecule has 22 heavy (non-hydrogen) atoms. The maximum absolute atomic E-state index is 6.17. The van der Waals surface area contributed by atoms with E-state index in [1.807, 2.05) is 11.0 Å². The number of nitrogens with zero attached hydrogens (tertiary/aromatic N) is 4. The molecule has 0 aromatic carbocycles. The van der Waals surface area contributed by atoms with Crippen molar-refractivity contribution in [2.45, 2.75) is 58.1 Å². The van der Waals surface area contributed by atoms with Gasteiger partial charge in [0.05, 0.1) is 12.7 Å². The molecule has 0 spiro atoms. The molecule has 2 heterocycles. The van der Waals surface area contributed by atoms with Crippen molar-refractivity contribution in [3.63, 3.8) is 0 Å². The van der Waals surface area contributed by atoms with Gasteiger partial charge in [-0.2, -0.15) is 5.10 Å². The summed E-state index contributed by atoms with van der Waals surface area (Å²) in [6.45, 7) is 7.71. The Balaban J connectivity index is 1.37. The zero-order chi connectivity index (χ0) is 15.2. The lowest BCUT2D eigenvalue weighted by molar-refractivity contribution is -0.0177. The first kappa shape index (κ1) is 15.9. The molecule has 1 saturated heterocycles. The van der Waals surface area contributed by atoms with Crippen LogP contribution in [0.3, 0.4) is 0 Å². The second-order valence-corrected chi connectivity index (χ2v) is 7.10. The van der Waals surface area contributed by atoms with Gasteiger partial charge in [-0.05, 0) is 44.1 Å². The first-order valence-corrected chi connectivity index (χ1v) is 8.97. The minimum atomic E-state index is 0.504. The van der Waals surface area contributed by atoms with Gasteiger partial charge >= 0.3 is 0 Å². The summed E-state index contributed by atoms with van der Waals surface area (Å²) in [7, 11) is 0. The van der Waals surface area contributed by atoms with E-state index in [1.165, 1.54) is 51.6 Å². The number of rotatable bonds is 6. The van der Waals surface area contributed by atoms with E-state index in [9.17, 15) is 0 Å². The molecule has 0 bridgehead atoms. The van der Waals surface area contributed by atoms with E-state index in [1.54, 1.807) is 6.33 Å². The standard InChI is InChI=1S/C17H30N4O/c1-15-5-2-3-7-17(15)22-10-9-20-8-4-6-16(11-20)12-21-14-18-13-19-21/h13-17H,2-12H2,1H3/t15-,16-,17+/m1/s1. The number of hydrogen-bond acceptors (Lipinski definition) is 4. The average molecular weight is 306 g/mol. The number of hydrogen-bond donors (Lipinski definition) is 0. The molecular formula is C17H30N4O. The fraction of sp³-hybridized carbons (Fsp3) is 0.882. The first-order valence-electron chi connectivity index (χ1n) is 8.97. The van der Waals surface area contributed by atoms with Gasteiger partial charge < -0.3 is 9.64 Å². The van der Waals surface area contributed by atoms with Crippen molar-refractivity contribution in [3.8, 4) is 0 Å². The summed E-state index contributed by atoms with van der Waals surface area (Å²) in [6.07, 6.45) is 11.9. The van der Waals surface area contributed by atoms with Crippen molar-refractivity contribution in [1.29, 1.82) is 0 Å². The molecular weight excluding hydrogens is 276 g/mol. The van der Waals surface area contributed by atoms with Gasteiger partial charge in [-0.15, -0.1) is 0 Å². The zero-order valence-corrected chi connectivity index (χ0v) is 13.9. The Morgan fingerprint density at radius 2 is 2.09 bits per heavy atom. The van der Waals surface area contributed by atoms with Gasteiger partial charge in [0.25, 0.3) is 0 Å². The molecule has 124 valence electrons. The fourth-order valence-electron chi connectivity index (χ4n) is 3.96. The summed E-state index contributed by atoms with van der Waals surface area (Å²) in [5, 5.41) is 4.23. The van der Waals surface area contributed by atoms with E-state index in [4.69, 9.17) is 4.74 Å². The second-order valence-electron chi connectivity index (χ2n) is 7.10. The lowest BCUT2D eigenvalue weighted by atomic mass is 9.88. The van der Waals surface area contributed by atoms with Crippen LogP contribution in [0.4, 0.5) is 0 Å². The highest BCUT2D eigenvalue weighted by molar-refractivity contribution is 4.75. The van der Waals surface area contributed by atoms with Crippen LogP contribution in [-0.2, 0) is 11.3 Å². The van der Waals surface area contributed by atoms with Gasteiger partial charge in [0.2, 0.25) is 0 Å². The third-order valence-electron chi connectivity index (χ3n) is 5.29. The van der Waals surface area contributed by atoms with Gasteiger partial charge in [-0.3, -0.25) is 4.68 Å². The smallest absolute Gasteiger partial charge is 0.137 e. The van der Waals surface area contributed by atoms with Crippen LogP contribution in [0, 0.1) is 11.8 Å². The van der Waals surface area contributed by atoms with Crippen molar-refractivity contribution in [2.24, 2.45) is 11.8 Å². The Morgan fingerprint density at radius 1 is 1.18 bits per heavy atom. The van der Waals surface area contributed by atoms with Gasteiger partial charge in [0, 0.05) is 19.6 Å². The number of ether oxygens (including phenoxy) is 1. The molecule has 1 aliphatic heterocycles. The minimum Gasteiger partial charge on any atom is -0.377 e. The number of likely N-dealkylation sites (tertiary alicyclic amines) is 1. The van der Waals surface area contributed by atoms with Crippen molar-refractivity contribution in [1.82, 2.24) is 19.7 Å². The molecule has 2 fully saturated rings. The third-order valence-corrected chi connectivity index (χ3v) is 5.29. The van der Waals surface area contributed by atoms with Gasteiger partial charge in [0.1, 0.15) is 12.7 Å². The lowest BCUT2D eigenvalue weighted by Crippen LogP contribution is -2.39. The van der Waals surface area contributed by atoms with Crippen LogP contribution in [0.1, 0.15) is 45.4 Å². The molecule has 5 heteroatoms. The molecule has 1 aromatic heterocycles. The summed E-state index contributed by atoms with van der Waals surface area (Å²) >= 11 is 0. The molecule has 0 radical (unpaired) electrons. The average Bonchev–Trinajstić information content (AvgIpc) is 3.03. The predicted molar refractivity (Wildman–Crippen MR) is 86.6 cm³/mol. The fourth-order valence-corrected chi connectivity index (χ4v) is 3.96. The molecule has 0 unspecified atom stereocenters. The van der Waals surface area contributed by atoms with Crippen LogP contribution >= 0.6 is 0 Å². The van der Waals surface area contributed by atoms with E-state index in [-0.39, 0.29) is 0 Å². The van der Waals surface area contributed by atoms with Crippen molar-refractivity contribution in [2.75, 3.05) is 26.2 Å². The summed E-state index contributed by atoms with van der Waals surface area (Å²) < 4.78 is 8.14. The molecule has 1 saturated carbocycles. The topological polar surface area (TPSA) is 43.2 Å². The normalized spacial score (nSPS) is 30.5. The van der Waals surface area contributed by atoms with Crippen LogP contribution in [0.15, 0.2) is 12.7 Å².